The summed E-state index contributed by atoms with van der Waals surface area (Å²) in [5.41, 5.74) is 3.26. The van der Waals surface area contributed by atoms with Crippen molar-refractivity contribution in [1.29, 1.82) is 0 Å². The third kappa shape index (κ3) is 2.13. The molecule has 0 radical (unpaired) electrons. The molecule has 0 fully saturated rings. The Balaban J connectivity index is 2.12. The molecule has 0 saturated heterocycles. The van der Waals surface area contributed by atoms with Crippen molar-refractivity contribution < 1.29 is 4.74 Å². The monoisotopic (exact) mass is 267 g/mol. The van der Waals surface area contributed by atoms with E-state index in [0.717, 1.165) is 27.4 Å². The molecular formula is C16H13NOS. The molecule has 0 aliphatic carbocycles. The van der Waals surface area contributed by atoms with E-state index < -0.39 is 0 Å². The highest BCUT2D eigenvalue weighted by atomic mass is 32.1. The van der Waals surface area contributed by atoms with E-state index in [1.54, 1.807) is 18.4 Å². The second kappa shape index (κ2) is 4.86. The van der Waals surface area contributed by atoms with Crippen LogP contribution in [-0.2, 0) is 0 Å². The number of methoxy groups -OCH3 is 1. The lowest BCUT2D eigenvalue weighted by molar-refractivity contribution is 0.415. The van der Waals surface area contributed by atoms with Crippen LogP contribution >= 0.6 is 11.3 Å². The summed E-state index contributed by atoms with van der Waals surface area (Å²) in [6.45, 7) is 3.85. The molecule has 0 aliphatic heterocycles. The predicted molar refractivity (Wildman–Crippen MR) is 81.7 cm³/mol. The molecule has 1 aromatic heterocycles. The maximum Gasteiger partial charge on any atom is 0.124 e. The van der Waals surface area contributed by atoms with Crippen LogP contribution in [0, 0.1) is 0 Å². The van der Waals surface area contributed by atoms with Gasteiger partial charge in [0.05, 0.1) is 17.3 Å². The van der Waals surface area contributed by atoms with Gasteiger partial charge in [0.25, 0.3) is 0 Å². The van der Waals surface area contributed by atoms with Gasteiger partial charge in [0.2, 0.25) is 0 Å². The number of hydrogen-bond acceptors (Lipinski definition) is 3. The van der Waals surface area contributed by atoms with Crippen molar-refractivity contribution in [2.24, 2.45) is 0 Å². The van der Waals surface area contributed by atoms with Crippen molar-refractivity contribution in [3.05, 3.63) is 54.6 Å². The molecule has 0 N–H and O–H groups in total. The Labute approximate surface area is 116 Å². The van der Waals surface area contributed by atoms with Gasteiger partial charge in [0, 0.05) is 5.56 Å². The standard InChI is InChI=1S/C16H13NOS/c1-3-11-5-4-6-14-15(11)19-16(17-14)12-7-9-13(18-2)10-8-12/h3-10H,1H2,2H3. The van der Waals surface area contributed by atoms with Gasteiger partial charge >= 0.3 is 0 Å². The Bertz CT molecular complexity index is 728. The van der Waals surface area contributed by atoms with Crippen molar-refractivity contribution in [1.82, 2.24) is 4.98 Å². The lowest BCUT2D eigenvalue weighted by Crippen LogP contribution is -1.82. The van der Waals surface area contributed by atoms with E-state index in [1.165, 1.54) is 4.70 Å². The third-order valence-electron chi connectivity index (χ3n) is 3.00. The van der Waals surface area contributed by atoms with Crippen LogP contribution in [0.1, 0.15) is 5.56 Å². The Kier molecular flexibility index (Phi) is 3.05. The molecule has 0 aliphatic rings. The lowest BCUT2D eigenvalue weighted by Gasteiger charge is -1.99. The number of ether oxygens (including phenoxy) is 1. The summed E-state index contributed by atoms with van der Waals surface area (Å²) in [5, 5.41) is 1.02. The fraction of sp³-hybridized carbons (Fsp3) is 0.0625. The van der Waals surface area contributed by atoms with Crippen molar-refractivity contribution in [3.63, 3.8) is 0 Å². The molecule has 0 saturated carbocycles. The number of thiazole rings is 1. The fourth-order valence-electron chi connectivity index (χ4n) is 1.99. The average Bonchev–Trinajstić information content (AvgIpc) is 2.91. The topological polar surface area (TPSA) is 22.1 Å². The van der Waals surface area contributed by atoms with E-state index in [1.807, 2.05) is 42.5 Å². The van der Waals surface area contributed by atoms with Gasteiger partial charge < -0.3 is 4.74 Å². The molecule has 3 heteroatoms. The Hall–Kier alpha value is -2.13. The van der Waals surface area contributed by atoms with E-state index >= 15 is 0 Å². The molecule has 1 heterocycles. The molecule has 3 rings (SSSR count). The quantitative estimate of drug-likeness (QED) is 0.691. The first-order valence-corrected chi connectivity index (χ1v) is 6.80. The molecule has 19 heavy (non-hydrogen) atoms. The zero-order valence-corrected chi connectivity index (χ0v) is 11.4. The summed E-state index contributed by atoms with van der Waals surface area (Å²) in [7, 11) is 1.67. The molecule has 94 valence electrons. The maximum atomic E-state index is 5.17. The third-order valence-corrected chi connectivity index (χ3v) is 4.17. The lowest BCUT2D eigenvalue weighted by atomic mass is 10.2. The number of aromatic nitrogens is 1. The smallest absolute Gasteiger partial charge is 0.124 e. The van der Waals surface area contributed by atoms with E-state index in [4.69, 9.17) is 4.74 Å². The molecule has 2 nitrogen and oxygen atoms in total. The van der Waals surface area contributed by atoms with Crippen LogP contribution in [0.15, 0.2) is 49.0 Å². The average molecular weight is 267 g/mol. The normalized spacial score (nSPS) is 10.6. The number of benzene rings is 2. The van der Waals surface area contributed by atoms with Gasteiger partial charge in [-0.05, 0) is 35.9 Å². The summed E-state index contributed by atoms with van der Waals surface area (Å²) in [6.07, 6.45) is 1.87. The van der Waals surface area contributed by atoms with Crippen LogP contribution in [0.3, 0.4) is 0 Å². The van der Waals surface area contributed by atoms with Gasteiger partial charge in [0.1, 0.15) is 10.8 Å². The summed E-state index contributed by atoms with van der Waals surface area (Å²) in [6, 6.07) is 14.1. The Morgan fingerprint density at radius 1 is 1.16 bits per heavy atom. The minimum absolute atomic E-state index is 0.858. The molecule has 0 bridgehead atoms. The number of rotatable bonds is 3. The van der Waals surface area contributed by atoms with E-state index in [-0.39, 0.29) is 0 Å². The van der Waals surface area contributed by atoms with Crippen LogP contribution < -0.4 is 4.74 Å². The zero-order valence-electron chi connectivity index (χ0n) is 10.6. The molecule has 0 unspecified atom stereocenters. The first-order valence-electron chi connectivity index (χ1n) is 5.98. The summed E-state index contributed by atoms with van der Waals surface area (Å²) in [4.78, 5) is 4.68. The second-order valence-electron chi connectivity index (χ2n) is 4.15. The molecule has 2 aromatic carbocycles. The van der Waals surface area contributed by atoms with E-state index in [0.29, 0.717) is 0 Å². The van der Waals surface area contributed by atoms with Crippen molar-refractivity contribution >= 4 is 27.6 Å². The van der Waals surface area contributed by atoms with Crippen LogP contribution in [0.25, 0.3) is 26.9 Å². The zero-order chi connectivity index (χ0) is 13.2. The molecule has 0 spiro atoms. The van der Waals surface area contributed by atoms with Crippen molar-refractivity contribution in [3.8, 4) is 16.3 Å². The van der Waals surface area contributed by atoms with Crippen molar-refractivity contribution in [2.75, 3.05) is 7.11 Å². The predicted octanol–water partition coefficient (Wildman–Crippen LogP) is 4.61. The van der Waals surface area contributed by atoms with Gasteiger partial charge in [0.15, 0.2) is 0 Å². The Morgan fingerprint density at radius 2 is 1.95 bits per heavy atom. The van der Waals surface area contributed by atoms with Gasteiger partial charge in [-0.25, -0.2) is 4.98 Å². The van der Waals surface area contributed by atoms with Crippen molar-refractivity contribution in [2.45, 2.75) is 0 Å². The second-order valence-corrected chi connectivity index (χ2v) is 5.15. The fourth-order valence-corrected chi connectivity index (χ4v) is 3.07. The van der Waals surface area contributed by atoms with Crippen LogP contribution in [-0.4, -0.2) is 12.1 Å². The first kappa shape index (κ1) is 11.9. The molecule has 3 aromatic rings. The van der Waals surface area contributed by atoms with Gasteiger partial charge in [-0.1, -0.05) is 24.8 Å². The number of nitrogens with zero attached hydrogens (tertiary/aromatic N) is 1. The van der Waals surface area contributed by atoms with E-state index in [2.05, 4.69) is 17.6 Å². The molecule has 0 atom stereocenters. The summed E-state index contributed by atoms with van der Waals surface area (Å²) < 4.78 is 6.35. The van der Waals surface area contributed by atoms with Gasteiger partial charge in [-0.2, -0.15) is 0 Å². The van der Waals surface area contributed by atoms with Crippen LogP contribution in [0.2, 0.25) is 0 Å². The number of hydrogen-bond donors (Lipinski definition) is 0. The largest absolute Gasteiger partial charge is 0.497 e. The molecular weight excluding hydrogens is 254 g/mol. The van der Waals surface area contributed by atoms with Gasteiger partial charge in [-0.3, -0.25) is 0 Å². The molecule has 0 amide bonds. The minimum Gasteiger partial charge on any atom is -0.497 e. The Morgan fingerprint density at radius 3 is 2.63 bits per heavy atom. The highest BCUT2D eigenvalue weighted by Gasteiger charge is 2.08. The summed E-state index contributed by atoms with van der Waals surface area (Å²) in [5.74, 6) is 0.858. The highest BCUT2D eigenvalue weighted by molar-refractivity contribution is 7.22. The first-order chi connectivity index (χ1) is 9.31. The minimum atomic E-state index is 0.858. The SMILES string of the molecule is C=Cc1cccc2nc(-c3ccc(OC)cc3)sc12. The highest BCUT2D eigenvalue weighted by Crippen LogP contribution is 2.33. The number of fused-ring (bicyclic) bond motifs is 1. The van der Waals surface area contributed by atoms with Crippen LogP contribution in [0.4, 0.5) is 0 Å². The maximum absolute atomic E-state index is 5.17. The van der Waals surface area contributed by atoms with E-state index in [9.17, 15) is 0 Å². The van der Waals surface area contributed by atoms with Gasteiger partial charge in [-0.15, -0.1) is 11.3 Å². The summed E-state index contributed by atoms with van der Waals surface area (Å²) >= 11 is 1.69. The van der Waals surface area contributed by atoms with Crippen LogP contribution in [0.5, 0.6) is 5.75 Å².